The predicted molar refractivity (Wildman–Crippen MR) is 103 cm³/mol. The number of aromatic nitrogens is 2. The fraction of sp³-hybridized carbons (Fsp3) is 0.227. The summed E-state index contributed by atoms with van der Waals surface area (Å²) in [7, 11) is 2.16. The third-order valence-corrected chi connectivity index (χ3v) is 5.15. The monoisotopic (exact) mass is 327 g/mol. The maximum absolute atomic E-state index is 3.62. The van der Waals surface area contributed by atoms with Gasteiger partial charge in [-0.15, -0.1) is 0 Å². The van der Waals surface area contributed by atoms with Crippen LogP contribution in [0.3, 0.4) is 0 Å². The van der Waals surface area contributed by atoms with E-state index in [4.69, 9.17) is 0 Å². The van der Waals surface area contributed by atoms with Gasteiger partial charge in [0.05, 0.1) is 27.9 Å². The van der Waals surface area contributed by atoms with E-state index in [0.29, 0.717) is 0 Å². The Bertz CT molecular complexity index is 1150. The Morgan fingerprint density at radius 2 is 1.72 bits per heavy atom. The molecule has 0 N–H and O–H groups in total. The Balaban J connectivity index is 1.97. The number of hydrogen-bond acceptors (Lipinski definition) is 1. The predicted octanol–water partition coefficient (Wildman–Crippen LogP) is 4.71. The van der Waals surface area contributed by atoms with Crippen LogP contribution < -0.4 is 9.47 Å². The van der Waals surface area contributed by atoms with E-state index in [-0.39, 0.29) is 5.54 Å². The fourth-order valence-electron chi connectivity index (χ4n) is 3.99. The van der Waals surface area contributed by atoms with Crippen molar-refractivity contribution >= 4 is 33.2 Å². The van der Waals surface area contributed by atoms with Gasteiger partial charge in [-0.05, 0) is 37.6 Å². The highest BCUT2D eigenvalue weighted by Gasteiger charge is 2.28. The summed E-state index contributed by atoms with van der Waals surface area (Å²) in [5.41, 5.74) is 6.07. The number of nitrogens with zero attached hydrogens (tertiary/aromatic N) is 3. The number of hydrogen-bond donors (Lipinski definition) is 0. The molecule has 3 nitrogen and oxygen atoms in total. The zero-order chi connectivity index (χ0) is 17.3. The van der Waals surface area contributed by atoms with E-state index in [9.17, 15) is 0 Å². The molecule has 4 aromatic rings. The van der Waals surface area contributed by atoms with Crippen LogP contribution in [-0.4, -0.2) is 11.6 Å². The maximum atomic E-state index is 3.62. The fourth-order valence-corrected chi connectivity index (χ4v) is 3.99. The van der Waals surface area contributed by atoms with Gasteiger partial charge in [0.15, 0.2) is 0 Å². The van der Waals surface area contributed by atoms with E-state index < -0.39 is 0 Å². The molecule has 124 valence electrons. The van der Waals surface area contributed by atoms with E-state index in [2.05, 4.69) is 103 Å². The van der Waals surface area contributed by atoms with Crippen molar-refractivity contribution in [3.8, 4) is 5.69 Å². The van der Waals surface area contributed by atoms with Gasteiger partial charge in [-0.25, -0.2) is 0 Å². The van der Waals surface area contributed by atoms with Gasteiger partial charge in [-0.3, -0.25) is 0 Å². The normalized spacial score (nSPS) is 13.5. The van der Waals surface area contributed by atoms with Crippen LogP contribution in [0.2, 0.25) is 0 Å². The highest BCUT2D eigenvalue weighted by Crippen LogP contribution is 2.41. The van der Waals surface area contributed by atoms with Crippen molar-refractivity contribution in [3.63, 3.8) is 0 Å². The van der Waals surface area contributed by atoms with E-state index in [1.54, 1.807) is 0 Å². The summed E-state index contributed by atoms with van der Waals surface area (Å²) in [6.45, 7) is 6.68. The molecule has 2 heterocycles. The van der Waals surface area contributed by atoms with Crippen molar-refractivity contribution in [1.29, 1.82) is 0 Å². The number of rotatable bonds is 0. The van der Waals surface area contributed by atoms with Gasteiger partial charge in [0.25, 0.3) is 0 Å². The lowest BCUT2D eigenvalue weighted by Crippen LogP contribution is -2.37. The minimum Gasteiger partial charge on any atom is -0.353 e. The molecule has 0 radical (unpaired) electrons. The zero-order valence-corrected chi connectivity index (χ0v) is 15.0. The van der Waals surface area contributed by atoms with Crippen LogP contribution in [0.25, 0.3) is 27.5 Å². The third kappa shape index (κ3) is 1.84. The number of para-hydroxylation sites is 1. The molecule has 0 spiro atoms. The average molecular weight is 327 g/mol. The van der Waals surface area contributed by atoms with Crippen molar-refractivity contribution in [2.75, 3.05) is 11.9 Å². The average Bonchev–Trinajstić information content (AvgIpc) is 3.00. The molecule has 0 fully saturated rings. The molecule has 0 bridgehead atoms. The molecule has 0 amide bonds. The minimum absolute atomic E-state index is 0.0257. The first kappa shape index (κ1) is 14.5. The molecule has 3 heteroatoms. The lowest BCUT2D eigenvalue weighted by Gasteiger charge is -2.31. The first-order valence-corrected chi connectivity index (χ1v) is 8.72. The van der Waals surface area contributed by atoms with Crippen molar-refractivity contribution in [3.05, 3.63) is 60.9 Å². The largest absolute Gasteiger partial charge is 0.353 e. The van der Waals surface area contributed by atoms with Crippen LogP contribution in [0, 0.1) is 6.33 Å². The van der Waals surface area contributed by atoms with Gasteiger partial charge in [0, 0.05) is 12.7 Å². The number of benzene rings is 3. The van der Waals surface area contributed by atoms with Gasteiger partial charge in [-0.1, -0.05) is 48.5 Å². The molecule has 0 saturated carbocycles. The van der Waals surface area contributed by atoms with Crippen LogP contribution in [0.4, 0.5) is 11.4 Å². The Labute approximate surface area is 147 Å². The van der Waals surface area contributed by atoms with Gasteiger partial charge < -0.3 is 14.0 Å². The van der Waals surface area contributed by atoms with Crippen molar-refractivity contribution in [2.24, 2.45) is 0 Å². The lowest BCUT2D eigenvalue weighted by molar-refractivity contribution is -0.573. The molecule has 0 aliphatic carbocycles. The van der Waals surface area contributed by atoms with Gasteiger partial charge in [0.2, 0.25) is 6.33 Å². The molecule has 1 aliphatic rings. The summed E-state index contributed by atoms with van der Waals surface area (Å²) in [5.74, 6) is 0. The van der Waals surface area contributed by atoms with E-state index in [0.717, 1.165) is 0 Å². The van der Waals surface area contributed by atoms with Crippen LogP contribution >= 0.6 is 0 Å². The topological polar surface area (TPSA) is 12.1 Å². The first-order chi connectivity index (χ1) is 12.0. The minimum atomic E-state index is -0.0257. The molecule has 0 atom stereocenters. The van der Waals surface area contributed by atoms with Crippen LogP contribution in [0.1, 0.15) is 20.8 Å². The van der Waals surface area contributed by atoms with E-state index in [1.807, 2.05) is 0 Å². The smallest absolute Gasteiger partial charge is 0.244 e. The Morgan fingerprint density at radius 1 is 0.920 bits per heavy atom. The number of imidazole rings is 1. The second-order valence-corrected chi connectivity index (χ2v) is 7.80. The zero-order valence-electron chi connectivity index (χ0n) is 15.0. The Hall–Kier alpha value is -2.81. The molecule has 0 saturated heterocycles. The van der Waals surface area contributed by atoms with Crippen molar-refractivity contribution in [2.45, 2.75) is 26.3 Å². The van der Waals surface area contributed by atoms with Crippen LogP contribution in [-0.2, 0) is 5.54 Å². The molecule has 25 heavy (non-hydrogen) atoms. The van der Waals surface area contributed by atoms with Gasteiger partial charge in [0.1, 0.15) is 0 Å². The Kier molecular flexibility index (Phi) is 2.69. The lowest BCUT2D eigenvalue weighted by atomic mass is 10.0. The van der Waals surface area contributed by atoms with Crippen LogP contribution in [0.15, 0.2) is 54.6 Å². The maximum Gasteiger partial charge on any atom is 0.244 e. The SMILES string of the molecule is CN1c2c(ccc3ccccc23)-[n+]2[c-]n(C(C)(C)C)c3cccc1c32. The summed E-state index contributed by atoms with van der Waals surface area (Å²) in [6.07, 6.45) is 3.62. The molecule has 0 unspecified atom stereocenters. The molecular weight excluding hydrogens is 306 g/mol. The first-order valence-electron chi connectivity index (χ1n) is 8.72. The van der Waals surface area contributed by atoms with Crippen molar-refractivity contribution in [1.82, 2.24) is 4.57 Å². The second kappa shape index (κ2) is 4.63. The Morgan fingerprint density at radius 3 is 2.52 bits per heavy atom. The summed E-state index contributed by atoms with van der Waals surface area (Å²) in [6, 6.07) is 19.5. The summed E-state index contributed by atoms with van der Waals surface area (Å²) in [4.78, 5) is 2.32. The van der Waals surface area contributed by atoms with Crippen LogP contribution in [0.5, 0.6) is 0 Å². The van der Waals surface area contributed by atoms with Crippen molar-refractivity contribution < 1.29 is 4.57 Å². The molecule has 5 rings (SSSR count). The molecule has 3 aromatic carbocycles. The second-order valence-electron chi connectivity index (χ2n) is 7.80. The van der Waals surface area contributed by atoms with E-state index >= 15 is 0 Å². The standard InChI is InChI=1S/C22H21N3/c1-22(2,3)25-14-24-18-13-12-15-8-5-6-9-16(15)20(18)23(4)17-10-7-11-19(25)21(17)24/h5-13H,1-4H3. The highest BCUT2D eigenvalue weighted by molar-refractivity contribution is 6.03. The summed E-state index contributed by atoms with van der Waals surface area (Å²) >= 11 is 0. The summed E-state index contributed by atoms with van der Waals surface area (Å²) in [5, 5.41) is 2.54. The molecule has 1 aliphatic heterocycles. The third-order valence-electron chi connectivity index (χ3n) is 5.15. The number of anilines is 2. The highest BCUT2D eigenvalue weighted by atomic mass is 15.2. The van der Waals surface area contributed by atoms with E-state index in [1.165, 1.54) is 38.9 Å². The quantitative estimate of drug-likeness (QED) is 0.336. The summed E-state index contributed by atoms with van der Waals surface area (Å²) < 4.78 is 4.49. The van der Waals surface area contributed by atoms with Gasteiger partial charge in [-0.2, -0.15) is 0 Å². The van der Waals surface area contributed by atoms with Gasteiger partial charge >= 0.3 is 0 Å². The molecule has 1 aromatic heterocycles. The number of fused-ring (bicyclic) bond motifs is 4. The molecular formula is C22H21N3.